The number of anilines is 1. The van der Waals surface area contributed by atoms with Gasteiger partial charge < -0.3 is 9.88 Å². The zero-order valence-corrected chi connectivity index (χ0v) is 13.7. The van der Waals surface area contributed by atoms with Crippen molar-refractivity contribution >= 4 is 5.95 Å². The van der Waals surface area contributed by atoms with Gasteiger partial charge in [-0.2, -0.15) is 0 Å². The van der Waals surface area contributed by atoms with E-state index < -0.39 is 0 Å². The highest BCUT2D eigenvalue weighted by Gasteiger charge is 2.19. The summed E-state index contributed by atoms with van der Waals surface area (Å²) in [6, 6.07) is 0. The minimum atomic E-state index is 0.652. The highest BCUT2D eigenvalue weighted by molar-refractivity contribution is 5.28. The molecule has 2 rings (SSSR count). The first-order valence-electron chi connectivity index (χ1n) is 8.32. The fourth-order valence-electron chi connectivity index (χ4n) is 3.30. The van der Waals surface area contributed by atoms with Crippen LogP contribution in [0.4, 0.5) is 5.95 Å². The minimum absolute atomic E-state index is 0.652. The summed E-state index contributed by atoms with van der Waals surface area (Å²) in [6.45, 7) is 11.1. The quantitative estimate of drug-likeness (QED) is 0.831. The molecule has 1 aliphatic rings. The van der Waals surface area contributed by atoms with Crippen LogP contribution in [0.2, 0.25) is 0 Å². The zero-order chi connectivity index (χ0) is 14.5. The lowest BCUT2D eigenvalue weighted by Crippen LogP contribution is -2.17. The smallest absolute Gasteiger partial charge is 0.203 e. The van der Waals surface area contributed by atoms with Crippen LogP contribution in [-0.2, 0) is 6.54 Å². The van der Waals surface area contributed by atoms with Gasteiger partial charge in [0.25, 0.3) is 0 Å². The van der Waals surface area contributed by atoms with E-state index in [-0.39, 0.29) is 0 Å². The summed E-state index contributed by atoms with van der Waals surface area (Å²) in [5, 5.41) is 3.48. The second kappa shape index (κ2) is 7.14. The zero-order valence-electron chi connectivity index (χ0n) is 13.7. The third kappa shape index (κ3) is 4.53. The summed E-state index contributed by atoms with van der Waals surface area (Å²) in [4.78, 5) is 4.61. The SMILES string of the molecule is Cc1cn(CCC2CCCC(C)C2)c(NCC(C)C)n1. The molecule has 3 nitrogen and oxygen atoms in total. The molecule has 1 saturated carbocycles. The lowest BCUT2D eigenvalue weighted by molar-refractivity contribution is 0.261. The fourth-order valence-corrected chi connectivity index (χ4v) is 3.30. The predicted octanol–water partition coefficient (Wildman–Crippen LogP) is 4.48. The molecule has 0 saturated heterocycles. The van der Waals surface area contributed by atoms with Gasteiger partial charge in [0.1, 0.15) is 0 Å². The van der Waals surface area contributed by atoms with Crippen molar-refractivity contribution in [2.24, 2.45) is 17.8 Å². The molecule has 0 amide bonds. The Morgan fingerprint density at radius 3 is 2.90 bits per heavy atom. The number of nitrogens with zero attached hydrogens (tertiary/aromatic N) is 2. The maximum absolute atomic E-state index is 4.61. The van der Waals surface area contributed by atoms with E-state index >= 15 is 0 Å². The number of aromatic nitrogens is 2. The summed E-state index contributed by atoms with van der Waals surface area (Å²) in [5.74, 6) is 3.55. The van der Waals surface area contributed by atoms with Crippen LogP contribution in [0.3, 0.4) is 0 Å². The molecule has 3 heteroatoms. The average molecular weight is 277 g/mol. The molecule has 20 heavy (non-hydrogen) atoms. The first-order valence-corrected chi connectivity index (χ1v) is 8.32. The van der Waals surface area contributed by atoms with Gasteiger partial charge in [0, 0.05) is 19.3 Å². The van der Waals surface area contributed by atoms with Gasteiger partial charge in [-0.3, -0.25) is 0 Å². The topological polar surface area (TPSA) is 29.9 Å². The van der Waals surface area contributed by atoms with Crippen LogP contribution in [-0.4, -0.2) is 16.1 Å². The lowest BCUT2D eigenvalue weighted by Gasteiger charge is -2.26. The summed E-state index contributed by atoms with van der Waals surface area (Å²) in [5.41, 5.74) is 1.12. The Balaban J connectivity index is 1.88. The highest BCUT2D eigenvalue weighted by atomic mass is 15.2. The van der Waals surface area contributed by atoms with Crippen LogP contribution in [0.25, 0.3) is 0 Å². The first-order chi connectivity index (χ1) is 9.54. The van der Waals surface area contributed by atoms with Crippen LogP contribution in [0, 0.1) is 24.7 Å². The molecule has 0 radical (unpaired) electrons. The van der Waals surface area contributed by atoms with E-state index in [1.54, 1.807) is 0 Å². The number of rotatable bonds is 6. The number of nitrogens with one attached hydrogen (secondary N) is 1. The monoisotopic (exact) mass is 277 g/mol. The standard InChI is InChI=1S/C17H31N3/c1-13(2)11-18-17-19-15(4)12-20(17)9-8-16-7-5-6-14(3)10-16/h12-14,16H,5-11H2,1-4H3,(H,18,19). The van der Waals surface area contributed by atoms with Crippen molar-refractivity contribution in [2.45, 2.75) is 66.3 Å². The van der Waals surface area contributed by atoms with Crippen LogP contribution in [0.5, 0.6) is 0 Å². The van der Waals surface area contributed by atoms with E-state index in [0.29, 0.717) is 5.92 Å². The van der Waals surface area contributed by atoms with Crippen molar-refractivity contribution in [3.63, 3.8) is 0 Å². The minimum Gasteiger partial charge on any atom is -0.355 e. The van der Waals surface area contributed by atoms with Gasteiger partial charge >= 0.3 is 0 Å². The van der Waals surface area contributed by atoms with Crippen molar-refractivity contribution in [1.29, 1.82) is 0 Å². The molecule has 1 aromatic heterocycles. The normalized spacial score (nSPS) is 23.2. The van der Waals surface area contributed by atoms with Gasteiger partial charge in [-0.25, -0.2) is 4.98 Å². The van der Waals surface area contributed by atoms with Crippen molar-refractivity contribution < 1.29 is 0 Å². The number of imidazole rings is 1. The van der Waals surface area contributed by atoms with Gasteiger partial charge in [-0.1, -0.05) is 40.0 Å². The van der Waals surface area contributed by atoms with Crippen molar-refractivity contribution in [2.75, 3.05) is 11.9 Å². The molecular formula is C17H31N3. The molecule has 0 aliphatic heterocycles. The Hall–Kier alpha value is -0.990. The van der Waals surface area contributed by atoms with Gasteiger partial charge in [0.2, 0.25) is 5.95 Å². The molecule has 114 valence electrons. The molecule has 0 bridgehead atoms. The average Bonchev–Trinajstić information content (AvgIpc) is 2.74. The predicted molar refractivity (Wildman–Crippen MR) is 86.0 cm³/mol. The first kappa shape index (κ1) is 15.4. The van der Waals surface area contributed by atoms with E-state index in [4.69, 9.17) is 0 Å². The number of hydrogen-bond acceptors (Lipinski definition) is 2. The molecule has 2 unspecified atom stereocenters. The molecule has 1 fully saturated rings. The summed E-state index contributed by atoms with van der Waals surface area (Å²) in [6.07, 6.45) is 9.19. The summed E-state index contributed by atoms with van der Waals surface area (Å²) >= 11 is 0. The number of hydrogen-bond donors (Lipinski definition) is 1. The van der Waals surface area contributed by atoms with Crippen LogP contribution in [0.15, 0.2) is 6.20 Å². The summed E-state index contributed by atoms with van der Waals surface area (Å²) < 4.78 is 2.32. The van der Waals surface area contributed by atoms with E-state index in [2.05, 4.69) is 48.8 Å². The van der Waals surface area contributed by atoms with Crippen molar-refractivity contribution in [1.82, 2.24) is 9.55 Å². The second-order valence-corrected chi connectivity index (χ2v) is 7.10. The van der Waals surface area contributed by atoms with E-state index in [1.807, 2.05) is 0 Å². The largest absolute Gasteiger partial charge is 0.355 e. The van der Waals surface area contributed by atoms with E-state index in [9.17, 15) is 0 Å². The Morgan fingerprint density at radius 1 is 1.40 bits per heavy atom. The third-order valence-corrected chi connectivity index (χ3v) is 4.39. The maximum atomic E-state index is 4.61. The maximum Gasteiger partial charge on any atom is 0.203 e. The highest BCUT2D eigenvalue weighted by Crippen LogP contribution is 2.31. The van der Waals surface area contributed by atoms with Gasteiger partial charge in [-0.05, 0) is 37.5 Å². The third-order valence-electron chi connectivity index (χ3n) is 4.39. The molecule has 0 aromatic carbocycles. The van der Waals surface area contributed by atoms with Gasteiger partial charge in [0.15, 0.2) is 0 Å². The Kier molecular flexibility index (Phi) is 5.50. The fraction of sp³-hybridized carbons (Fsp3) is 0.824. The Labute approximate surface area is 124 Å². The lowest BCUT2D eigenvalue weighted by atomic mass is 9.81. The van der Waals surface area contributed by atoms with E-state index in [1.165, 1.54) is 32.1 Å². The number of aryl methyl sites for hydroxylation is 2. The summed E-state index contributed by atoms with van der Waals surface area (Å²) in [7, 11) is 0. The van der Waals surface area contributed by atoms with Crippen LogP contribution in [0.1, 0.15) is 58.6 Å². The molecule has 1 aliphatic carbocycles. The van der Waals surface area contributed by atoms with Gasteiger partial charge in [0.05, 0.1) is 5.69 Å². The molecular weight excluding hydrogens is 246 g/mol. The van der Waals surface area contributed by atoms with Gasteiger partial charge in [-0.15, -0.1) is 0 Å². The van der Waals surface area contributed by atoms with Crippen LogP contribution >= 0.6 is 0 Å². The molecule has 1 heterocycles. The van der Waals surface area contributed by atoms with E-state index in [0.717, 1.165) is 36.6 Å². The molecule has 1 N–H and O–H groups in total. The Bertz CT molecular complexity index is 408. The molecule has 1 aromatic rings. The Morgan fingerprint density at radius 2 is 2.20 bits per heavy atom. The van der Waals surface area contributed by atoms with Crippen molar-refractivity contribution in [3.8, 4) is 0 Å². The van der Waals surface area contributed by atoms with Crippen molar-refractivity contribution in [3.05, 3.63) is 11.9 Å². The van der Waals surface area contributed by atoms with Crippen LogP contribution < -0.4 is 5.32 Å². The molecule has 0 spiro atoms. The molecule has 2 atom stereocenters. The second-order valence-electron chi connectivity index (χ2n) is 7.10.